The second-order valence-electron chi connectivity index (χ2n) is 3.15. The standard InChI is InChI=1S/C9H12NO4STe/c10-15(12,13)9-3-1-8(2-4-9)14-5-7(11)6-16/h1-4,7,11H,5-6H2,(H2,10,12,13)/t7-/m1/s1. The third-order valence-corrected chi connectivity index (χ3v) is 3.81. The SMILES string of the molecule is NS(=O)(=O)c1ccc(OC[C@@H](O)C[Te])cc1. The van der Waals surface area contributed by atoms with Crippen molar-refractivity contribution in [2.24, 2.45) is 5.14 Å². The molecule has 0 aliphatic carbocycles. The Hall–Kier alpha value is -0.320. The fourth-order valence-electron chi connectivity index (χ4n) is 0.966. The van der Waals surface area contributed by atoms with Crippen LogP contribution in [0.1, 0.15) is 0 Å². The van der Waals surface area contributed by atoms with Crippen molar-refractivity contribution in [2.75, 3.05) is 6.61 Å². The van der Waals surface area contributed by atoms with Crippen LogP contribution in [-0.4, -0.2) is 48.5 Å². The van der Waals surface area contributed by atoms with Crippen LogP contribution in [0.25, 0.3) is 0 Å². The van der Waals surface area contributed by atoms with Crippen molar-refractivity contribution in [1.29, 1.82) is 0 Å². The van der Waals surface area contributed by atoms with Crippen molar-refractivity contribution in [3.05, 3.63) is 24.3 Å². The van der Waals surface area contributed by atoms with Gasteiger partial charge in [0.15, 0.2) is 0 Å². The summed E-state index contributed by atoms with van der Waals surface area (Å²) in [6, 6.07) is 5.74. The van der Waals surface area contributed by atoms with Crippen molar-refractivity contribution in [3.8, 4) is 5.75 Å². The van der Waals surface area contributed by atoms with Gasteiger partial charge in [-0.1, -0.05) is 0 Å². The number of benzene rings is 1. The van der Waals surface area contributed by atoms with Crippen molar-refractivity contribution in [1.82, 2.24) is 0 Å². The molecule has 0 fully saturated rings. The number of aliphatic hydroxyl groups is 1. The van der Waals surface area contributed by atoms with Crippen LogP contribution in [0.4, 0.5) is 0 Å². The Balaban J connectivity index is 2.66. The van der Waals surface area contributed by atoms with E-state index in [-0.39, 0.29) is 11.5 Å². The van der Waals surface area contributed by atoms with E-state index in [1.807, 2.05) is 0 Å². The molecule has 7 heteroatoms. The third kappa shape index (κ3) is 4.28. The van der Waals surface area contributed by atoms with E-state index in [1.54, 1.807) is 22.3 Å². The molecule has 1 rings (SSSR count). The van der Waals surface area contributed by atoms with E-state index in [1.165, 1.54) is 24.3 Å². The molecule has 0 spiro atoms. The van der Waals surface area contributed by atoms with Gasteiger partial charge in [-0.2, -0.15) is 0 Å². The summed E-state index contributed by atoms with van der Waals surface area (Å²) in [6.45, 7) is 0.188. The molecule has 1 aromatic rings. The summed E-state index contributed by atoms with van der Waals surface area (Å²) in [4.78, 5) is 0.0384. The van der Waals surface area contributed by atoms with Gasteiger partial charge in [0.05, 0.1) is 0 Å². The first-order valence-electron chi connectivity index (χ1n) is 4.45. The van der Waals surface area contributed by atoms with Gasteiger partial charge in [-0.3, -0.25) is 0 Å². The minimum atomic E-state index is -3.66. The van der Waals surface area contributed by atoms with Gasteiger partial charge in [0, 0.05) is 0 Å². The van der Waals surface area contributed by atoms with Crippen LogP contribution in [-0.2, 0) is 10.0 Å². The summed E-state index contributed by atoms with van der Waals surface area (Å²) < 4.78 is 27.8. The number of nitrogens with two attached hydrogens (primary N) is 1. The maximum absolute atomic E-state index is 11.0. The molecule has 0 unspecified atom stereocenters. The predicted molar refractivity (Wildman–Crippen MR) is 59.9 cm³/mol. The number of aliphatic hydroxyl groups excluding tert-OH is 1. The van der Waals surface area contributed by atoms with E-state index in [0.717, 1.165) is 0 Å². The monoisotopic (exact) mass is 360 g/mol. The Labute approximate surface area is 108 Å². The first kappa shape index (κ1) is 13.7. The fraction of sp³-hybridized carbons (Fsp3) is 0.333. The van der Waals surface area contributed by atoms with E-state index in [0.29, 0.717) is 10.2 Å². The van der Waals surface area contributed by atoms with Gasteiger partial charge in [0.2, 0.25) is 0 Å². The number of rotatable bonds is 5. The Morgan fingerprint density at radius 3 is 2.38 bits per heavy atom. The van der Waals surface area contributed by atoms with Crippen LogP contribution in [0.2, 0.25) is 4.47 Å². The van der Waals surface area contributed by atoms with Crippen LogP contribution in [0.15, 0.2) is 29.2 Å². The Bertz CT molecular complexity index is 431. The molecule has 89 valence electrons. The first-order chi connectivity index (χ1) is 7.43. The van der Waals surface area contributed by atoms with Crippen molar-refractivity contribution >= 4 is 32.3 Å². The van der Waals surface area contributed by atoms with Crippen LogP contribution >= 0.6 is 0 Å². The summed E-state index contributed by atoms with van der Waals surface area (Å²) in [7, 11) is -3.66. The molecule has 0 bridgehead atoms. The summed E-state index contributed by atoms with van der Waals surface area (Å²) in [5.41, 5.74) is 0. The third-order valence-electron chi connectivity index (χ3n) is 1.79. The molecule has 0 aromatic heterocycles. The molecule has 1 atom stereocenters. The van der Waals surface area contributed by atoms with Gasteiger partial charge in [-0.05, 0) is 0 Å². The topological polar surface area (TPSA) is 89.6 Å². The Morgan fingerprint density at radius 2 is 1.94 bits per heavy atom. The zero-order valence-corrected chi connectivity index (χ0v) is 11.5. The second kappa shape index (κ2) is 5.84. The van der Waals surface area contributed by atoms with E-state index in [2.05, 4.69) is 0 Å². The number of sulfonamides is 1. The Kier molecular flexibility index (Phi) is 5.02. The van der Waals surface area contributed by atoms with E-state index in [4.69, 9.17) is 9.88 Å². The zero-order valence-electron chi connectivity index (χ0n) is 8.37. The number of hydrogen-bond donors (Lipinski definition) is 2. The van der Waals surface area contributed by atoms with Crippen molar-refractivity contribution in [2.45, 2.75) is 15.5 Å². The van der Waals surface area contributed by atoms with Crippen LogP contribution in [0, 0.1) is 0 Å². The molecule has 16 heavy (non-hydrogen) atoms. The van der Waals surface area contributed by atoms with E-state index in [9.17, 15) is 13.5 Å². The molecule has 0 amide bonds. The van der Waals surface area contributed by atoms with Crippen molar-refractivity contribution < 1.29 is 18.3 Å². The summed E-state index contributed by atoms with van der Waals surface area (Å²) >= 11 is 1.78. The normalized spacial score (nSPS) is 13.4. The summed E-state index contributed by atoms with van der Waals surface area (Å²) in [6.07, 6.45) is -0.511. The summed E-state index contributed by atoms with van der Waals surface area (Å²) in [5.74, 6) is 0.501. The quantitative estimate of drug-likeness (QED) is 0.705. The number of ether oxygens (including phenoxy) is 1. The van der Waals surface area contributed by atoms with Gasteiger partial charge < -0.3 is 0 Å². The molecule has 1 aromatic carbocycles. The molecule has 5 nitrogen and oxygen atoms in total. The number of hydrogen-bond acceptors (Lipinski definition) is 4. The maximum atomic E-state index is 11.0. The van der Waals surface area contributed by atoms with E-state index >= 15 is 0 Å². The first-order valence-corrected chi connectivity index (χ1v) is 7.64. The molecule has 0 heterocycles. The molecular formula is C9H12NO4STe. The molecule has 0 saturated heterocycles. The average molecular weight is 358 g/mol. The van der Waals surface area contributed by atoms with Crippen LogP contribution in [0.5, 0.6) is 5.75 Å². The minimum absolute atomic E-state index is 0.0384. The van der Waals surface area contributed by atoms with Gasteiger partial charge in [0.25, 0.3) is 0 Å². The molecule has 0 aliphatic rings. The van der Waals surface area contributed by atoms with Gasteiger partial charge in [-0.15, -0.1) is 0 Å². The van der Waals surface area contributed by atoms with Crippen molar-refractivity contribution in [3.63, 3.8) is 0 Å². The predicted octanol–water partition coefficient (Wildman–Crippen LogP) is -0.340. The average Bonchev–Trinajstić information content (AvgIpc) is 2.25. The van der Waals surface area contributed by atoms with Gasteiger partial charge in [0.1, 0.15) is 0 Å². The summed E-state index contributed by atoms with van der Waals surface area (Å²) in [5, 5.41) is 14.2. The van der Waals surface area contributed by atoms with Gasteiger partial charge >= 0.3 is 108 Å². The van der Waals surface area contributed by atoms with Gasteiger partial charge in [-0.25, -0.2) is 0 Å². The zero-order chi connectivity index (χ0) is 12.2. The molecular weight excluding hydrogens is 346 g/mol. The molecule has 3 N–H and O–H groups in total. The molecule has 1 radical (unpaired) electrons. The second-order valence-corrected chi connectivity index (χ2v) is 5.66. The number of primary sulfonamides is 1. The van der Waals surface area contributed by atoms with E-state index < -0.39 is 16.1 Å². The fourth-order valence-corrected chi connectivity index (χ4v) is 1.76. The Morgan fingerprint density at radius 1 is 1.38 bits per heavy atom. The molecule has 0 saturated carbocycles. The van der Waals surface area contributed by atoms with Crippen LogP contribution in [0.3, 0.4) is 0 Å². The van der Waals surface area contributed by atoms with Crippen LogP contribution < -0.4 is 9.88 Å². The molecule has 0 aliphatic heterocycles.